The summed E-state index contributed by atoms with van der Waals surface area (Å²) in [6.45, 7) is 4.25. The van der Waals surface area contributed by atoms with Crippen molar-refractivity contribution < 1.29 is 4.79 Å². The SMILES string of the molecule is CCC[C@@H](I)C(=O)[C@@H](I)CCC. The monoisotopic (exact) mass is 394 g/mol. The highest BCUT2D eigenvalue weighted by atomic mass is 127. The predicted octanol–water partition coefficient (Wildman–Crippen LogP) is 3.76. The van der Waals surface area contributed by atoms with Gasteiger partial charge < -0.3 is 0 Å². The second-order valence-electron chi connectivity index (χ2n) is 2.91. The summed E-state index contributed by atoms with van der Waals surface area (Å²) in [6.07, 6.45) is 4.27. The highest BCUT2D eigenvalue weighted by Crippen LogP contribution is 2.19. The molecule has 0 saturated carbocycles. The van der Waals surface area contributed by atoms with Crippen LogP contribution in [0.5, 0.6) is 0 Å². The van der Waals surface area contributed by atoms with E-state index in [9.17, 15) is 4.79 Å². The van der Waals surface area contributed by atoms with Crippen molar-refractivity contribution in [3.05, 3.63) is 0 Å². The van der Waals surface area contributed by atoms with Gasteiger partial charge in [0.05, 0.1) is 7.85 Å². The van der Waals surface area contributed by atoms with Crippen molar-refractivity contribution in [3.63, 3.8) is 0 Å². The fourth-order valence-electron chi connectivity index (χ4n) is 0.988. The van der Waals surface area contributed by atoms with Crippen LogP contribution < -0.4 is 0 Å². The average Bonchev–Trinajstić information content (AvgIpc) is 2.04. The summed E-state index contributed by atoms with van der Waals surface area (Å²) in [5.74, 6) is 0.430. The van der Waals surface area contributed by atoms with E-state index in [1.54, 1.807) is 0 Å². The molecule has 2 atom stereocenters. The summed E-state index contributed by atoms with van der Waals surface area (Å²) in [5.41, 5.74) is 0. The largest absolute Gasteiger partial charge is 0.297 e. The van der Waals surface area contributed by atoms with Gasteiger partial charge in [0, 0.05) is 0 Å². The minimum atomic E-state index is 0.237. The number of carbonyl (C=O) groups excluding carboxylic acids is 1. The van der Waals surface area contributed by atoms with Gasteiger partial charge in [0.1, 0.15) is 0 Å². The highest BCUT2D eigenvalue weighted by molar-refractivity contribution is 14.1. The van der Waals surface area contributed by atoms with E-state index in [0.717, 1.165) is 25.7 Å². The van der Waals surface area contributed by atoms with Crippen molar-refractivity contribution in [2.24, 2.45) is 0 Å². The maximum atomic E-state index is 11.6. The van der Waals surface area contributed by atoms with Crippen molar-refractivity contribution in [2.45, 2.75) is 47.4 Å². The van der Waals surface area contributed by atoms with Crippen LogP contribution in [0, 0.1) is 0 Å². The Morgan fingerprint density at radius 3 is 1.67 bits per heavy atom. The molecule has 0 aliphatic rings. The van der Waals surface area contributed by atoms with E-state index >= 15 is 0 Å². The lowest BCUT2D eigenvalue weighted by atomic mass is 10.1. The van der Waals surface area contributed by atoms with Gasteiger partial charge in [-0.3, -0.25) is 4.79 Å². The number of ketones is 1. The maximum Gasteiger partial charge on any atom is 0.158 e. The van der Waals surface area contributed by atoms with Crippen molar-refractivity contribution in [2.75, 3.05) is 0 Å². The Kier molecular flexibility index (Phi) is 8.23. The molecule has 1 nitrogen and oxygen atoms in total. The molecule has 0 aliphatic heterocycles. The zero-order valence-corrected chi connectivity index (χ0v) is 12.0. The topological polar surface area (TPSA) is 17.1 Å². The predicted molar refractivity (Wildman–Crippen MR) is 70.4 cm³/mol. The number of rotatable bonds is 6. The molecule has 0 heterocycles. The number of hydrogen-bond donors (Lipinski definition) is 0. The van der Waals surface area contributed by atoms with Gasteiger partial charge >= 0.3 is 0 Å². The first-order valence-electron chi connectivity index (χ1n) is 4.45. The molecule has 0 saturated heterocycles. The quantitative estimate of drug-likeness (QED) is 0.496. The summed E-state index contributed by atoms with van der Waals surface area (Å²) in [4.78, 5) is 11.6. The minimum absolute atomic E-state index is 0.237. The summed E-state index contributed by atoms with van der Waals surface area (Å²) < 4.78 is 0.474. The van der Waals surface area contributed by atoms with Crippen LogP contribution in [-0.2, 0) is 4.79 Å². The Morgan fingerprint density at radius 2 is 1.42 bits per heavy atom. The van der Waals surface area contributed by atoms with Gasteiger partial charge in [0.25, 0.3) is 0 Å². The Labute approximate surface area is 102 Å². The molecule has 0 aromatic rings. The smallest absolute Gasteiger partial charge is 0.158 e. The molecule has 0 aromatic heterocycles. The van der Waals surface area contributed by atoms with Crippen LogP contribution in [0.2, 0.25) is 0 Å². The number of carbonyl (C=O) groups is 1. The zero-order chi connectivity index (χ0) is 9.56. The van der Waals surface area contributed by atoms with Gasteiger partial charge in [0.15, 0.2) is 5.78 Å². The molecule has 0 aliphatic carbocycles. The van der Waals surface area contributed by atoms with Crippen LogP contribution >= 0.6 is 45.2 Å². The first-order valence-corrected chi connectivity index (χ1v) is 6.94. The fourth-order valence-corrected chi connectivity index (χ4v) is 3.79. The van der Waals surface area contributed by atoms with Gasteiger partial charge in [-0.2, -0.15) is 0 Å². The third-order valence-electron chi connectivity index (χ3n) is 1.70. The van der Waals surface area contributed by atoms with Crippen molar-refractivity contribution in [1.29, 1.82) is 0 Å². The van der Waals surface area contributed by atoms with Gasteiger partial charge in [-0.05, 0) is 12.8 Å². The molecule has 0 radical (unpaired) electrons. The molecule has 0 fully saturated rings. The summed E-state index contributed by atoms with van der Waals surface area (Å²) in [5, 5.41) is 0. The number of Topliss-reactive ketones (excluding diaryl/α,β-unsaturated/α-hetero) is 1. The Bertz CT molecular complexity index is 122. The van der Waals surface area contributed by atoms with Crippen molar-refractivity contribution in [1.82, 2.24) is 0 Å². The molecular weight excluding hydrogens is 378 g/mol. The Hall–Kier alpha value is 1.13. The van der Waals surface area contributed by atoms with E-state index in [-0.39, 0.29) is 7.85 Å². The number of halogens is 2. The minimum Gasteiger partial charge on any atom is -0.297 e. The van der Waals surface area contributed by atoms with Crippen LogP contribution in [0.1, 0.15) is 39.5 Å². The normalized spacial score (nSPS) is 15.7. The second kappa shape index (κ2) is 7.53. The molecule has 0 spiro atoms. The summed E-state index contributed by atoms with van der Waals surface area (Å²) in [6, 6.07) is 0. The summed E-state index contributed by atoms with van der Waals surface area (Å²) in [7, 11) is 0. The number of hydrogen-bond acceptors (Lipinski definition) is 1. The van der Waals surface area contributed by atoms with E-state index in [2.05, 4.69) is 59.0 Å². The van der Waals surface area contributed by atoms with Gasteiger partial charge in [-0.1, -0.05) is 71.9 Å². The molecule has 72 valence electrons. The lowest BCUT2D eigenvalue weighted by Crippen LogP contribution is -2.23. The fraction of sp³-hybridized carbons (Fsp3) is 0.889. The Morgan fingerprint density at radius 1 is 1.08 bits per heavy atom. The second-order valence-corrected chi connectivity index (χ2v) is 5.92. The molecule has 0 rings (SSSR count). The molecule has 0 aromatic carbocycles. The van der Waals surface area contributed by atoms with Gasteiger partial charge in [-0.25, -0.2) is 0 Å². The zero-order valence-electron chi connectivity index (χ0n) is 7.65. The van der Waals surface area contributed by atoms with Gasteiger partial charge in [-0.15, -0.1) is 0 Å². The highest BCUT2D eigenvalue weighted by Gasteiger charge is 2.20. The molecule has 0 N–H and O–H groups in total. The van der Waals surface area contributed by atoms with Crippen LogP contribution in [0.3, 0.4) is 0 Å². The standard InChI is InChI=1S/C9H16I2O/c1-3-5-7(10)9(12)8(11)6-4-2/h7-8H,3-6H2,1-2H3/t7-,8+. The molecule has 12 heavy (non-hydrogen) atoms. The van der Waals surface area contributed by atoms with Crippen LogP contribution in [-0.4, -0.2) is 13.6 Å². The lowest BCUT2D eigenvalue weighted by molar-refractivity contribution is -0.117. The third-order valence-corrected chi connectivity index (χ3v) is 4.18. The molecule has 0 unspecified atom stereocenters. The lowest BCUT2D eigenvalue weighted by Gasteiger charge is -2.11. The first-order chi connectivity index (χ1) is 5.63. The Balaban J connectivity index is 3.82. The summed E-state index contributed by atoms with van der Waals surface area (Å²) >= 11 is 4.54. The van der Waals surface area contributed by atoms with E-state index in [1.165, 1.54) is 0 Å². The first kappa shape index (κ1) is 13.1. The van der Waals surface area contributed by atoms with E-state index in [0.29, 0.717) is 5.78 Å². The molecule has 0 bridgehead atoms. The van der Waals surface area contributed by atoms with E-state index < -0.39 is 0 Å². The average molecular weight is 394 g/mol. The maximum absolute atomic E-state index is 11.6. The molecule has 3 heteroatoms. The molecular formula is C9H16I2O. The van der Waals surface area contributed by atoms with E-state index in [4.69, 9.17) is 0 Å². The number of alkyl halides is 2. The molecule has 0 amide bonds. The van der Waals surface area contributed by atoms with Crippen LogP contribution in [0.15, 0.2) is 0 Å². The third kappa shape index (κ3) is 4.99. The van der Waals surface area contributed by atoms with Crippen LogP contribution in [0.4, 0.5) is 0 Å². The van der Waals surface area contributed by atoms with Crippen molar-refractivity contribution in [3.8, 4) is 0 Å². The van der Waals surface area contributed by atoms with Gasteiger partial charge in [0.2, 0.25) is 0 Å². The van der Waals surface area contributed by atoms with E-state index in [1.807, 2.05) is 0 Å². The van der Waals surface area contributed by atoms with Crippen molar-refractivity contribution >= 4 is 51.0 Å². The van der Waals surface area contributed by atoms with Crippen LogP contribution in [0.25, 0.3) is 0 Å².